The summed E-state index contributed by atoms with van der Waals surface area (Å²) in [5, 5.41) is 2.93. The highest BCUT2D eigenvalue weighted by molar-refractivity contribution is 9.11. The predicted molar refractivity (Wildman–Crippen MR) is 95.7 cm³/mol. The number of nitrogens with one attached hydrogen (secondary N) is 1. The van der Waals surface area contributed by atoms with Crippen molar-refractivity contribution in [3.63, 3.8) is 0 Å². The zero-order valence-electron chi connectivity index (χ0n) is 11.6. The van der Waals surface area contributed by atoms with Crippen molar-refractivity contribution in [1.82, 2.24) is 4.90 Å². The standard InChI is InChI=1S/C15H16Br2N2OS/c1-2-19(9-11-7-8-14(17)21-11)10-15(20)18-13-6-4-3-5-12(13)16/h3-8H,2,9-10H2,1H3,(H,18,20). The van der Waals surface area contributed by atoms with Crippen LogP contribution in [0.3, 0.4) is 0 Å². The third-order valence-electron chi connectivity index (χ3n) is 2.97. The summed E-state index contributed by atoms with van der Waals surface area (Å²) in [6.07, 6.45) is 0. The fourth-order valence-electron chi connectivity index (χ4n) is 1.89. The minimum absolute atomic E-state index is 0.000582. The molecule has 6 heteroatoms. The molecule has 0 atom stereocenters. The van der Waals surface area contributed by atoms with Gasteiger partial charge < -0.3 is 5.32 Å². The molecule has 0 aliphatic heterocycles. The van der Waals surface area contributed by atoms with Crippen LogP contribution < -0.4 is 5.32 Å². The SMILES string of the molecule is CCN(CC(=O)Nc1ccccc1Br)Cc1ccc(Br)s1. The summed E-state index contributed by atoms with van der Waals surface area (Å²) >= 11 is 8.60. The van der Waals surface area contributed by atoms with E-state index in [0.29, 0.717) is 6.54 Å². The Morgan fingerprint density at radius 1 is 1.24 bits per heavy atom. The second-order valence-electron chi connectivity index (χ2n) is 4.54. The molecule has 1 amide bonds. The molecule has 0 fully saturated rings. The van der Waals surface area contributed by atoms with E-state index in [4.69, 9.17) is 0 Å². The number of carbonyl (C=O) groups excluding carboxylic acids is 1. The third kappa shape index (κ3) is 5.21. The number of benzene rings is 1. The van der Waals surface area contributed by atoms with Gasteiger partial charge in [0.2, 0.25) is 5.91 Å². The first kappa shape index (κ1) is 16.7. The second kappa shape index (κ2) is 8.08. The summed E-state index contributed by atoms with van der Waals surface area (Å²) in [4.78, 5) is 15.5. The molecule has 0 radical (unpaired) electrons. The van der Waals surface area contributed by atoms with E-state index in [1.807, 2.05) is 30.3 Å². The lowest BCUT2D eigenvalue weighted by molar-refractivity contribution is -0.117. The van der Waals surface area contributed by atoms with E-state index in [0.717, 1.165) is 27.0 Å². The number of rotatable bonds is 6. The molecule has 0 unspecified atom stereocenters. The maximum Gasteiger partial charge on any atom is 0.238 e. The lowest BCUT2D eigenvalue weighted by Crippen LogP contribution is -2.32. The molecule has 2 rings (SSSR count). The van der Waals surface area contributed by atoms with Crippen LogP contribution in [-0.4, -0.2) is 23.9 Å². The van der Waals surface area contributed by atoms with E-state index >= 15 is 0 Å². The van der Waals surface area contributed by atoms with Crippen LogP contribution in [0.1, 0.15) is 11.8 Å². The number of nitrogens with zero attached hydrogens (tertiary/aromatic N) is 1. The van der Waals surface area contributed by atoms with E-state index in [1.54, 1.807) is 11.3 Å². The molecule has 1 heterocycles. The van der Waals surface area contributed by atoms with Crippen molar-refractivity contribution >= 4 is 54.8 Å². The Balaban J connectivity index is 1.92. The van der Waals surface area contributed by atoms with Crippen LogP contribution in [-0.2, 0) is 11.3 Å². The van der Waals surface area contributed by atoms with Crippen molar-refractivity contribution < 1.29 is 4.79 Å². The number of amides is 1. The number of hydrogen-bond acceptors (Lipinski definition) is 3. The molecule has 1 N–H and O–H groups in total. The average Bonchev–Trinajstić information content (AvgIpc) is 2.86. The van der Waals surface area contributed by atoms with Gasteiger partial charge in [-0.1, -0.05) is 19.1 Å². The molecule has 0 aliphatic rings. The van der Waals surface area contributed by atoms with E-state index in [2.05, 4.69) is 55.1 Å². The highest BCUT2D eigenvalue weighted by Crippen LogP contribution is 2.23. The second-order valence-corrected chi connectivity index (χ2v) is 7.94. The van der Waals surface area contributed by atoms with Crippen molar-refractivity contribution in [3.8, 4) is 0 Å². The molecule has 0 saturated heterocycles. The summed E-state index contributed by atoms with van der Waals surface area (Å²) in [5.41, 5.74) is 0.803. The highest BCUT2D eigenvalue weighted by atomic mass is 79.9. The minimum Gasteiger partial charge on any atom is -0.324 e. The number of halogens is 2. The van der Waals surface area contributed by atoms with Gasteiger partial charge in [-0.05, 0) is 62.7 Å². The van der Waals surface area contributed by atoms with Crippen LogP contribution in [0.15, 0.2) is 44.7 Å². The molecule has 112 valence electrons. The van der Waals surface area contributed by atoms with E-state index in [9.17, 15) is 4.79 Å². The first-order chi connectivity index (χ1) is 10.1. The topological polar surface area (TPSA) is 32.3 Å². The number of anilines is 1. The van der Waals surface area contributed by atoms with Crippen molar-refractivity contribution in [2.75, 3.05) is 18.4 Å². The highest BCUT2D eigenvalue weighted by Gasteiger charge is 2.12. The van der Waals surface area contributed by atoms with Gasteiger partial charge in [-0.15, -0.1) is 11.3 Å². The molecular formula is C15H16Br2N2OS. The quantitative estimate of drug-likeness (QED) is 0.716. The largest absolute Gasteiger partial charge is 0.324 e. The molecule has 0 aliphatic carbocycles. The molecule has 0 spiro atoms. The number of carbonyl (C=O) groups is 1. The van der Waals surface area contributed by atoms with Crippen molar-refractivity contribution in [2.45, 2.75) is 13.5 Å². The Bertz CT molecular complexity index is 615. The van der Waals surface area contributed by atoms with E-state index in [1.165, 1.54) is 4.88 Å². The molecule has 1 aromatic heterocycles. The number of para-hydroxylation sites is 1. The fraction of sp³-hybridized carbons (Fsp3) is 0.267. The lowest BCUT2D eigenvalue weighted by Gasteiger charge is -2.19. The summed E-state index contributed by atoms with van der Waals surface area (Å²) in [5.74, 6) is -0.000582. The van der Waals surface area contributed by atoms with Crippen LogP contribution in [0.2, 0.25) is 0 Å². The fourth-order valence-corrected chi connectivity index (χ4v) is 3.80. The number of hydrogen-bond donors (Lipinski definition) is 1. The van der Waals surface area contributed by atoms with Crippen LogP contribution in [0.25, 0.3) is 0 Å². The summed E-state index contributed by atoms with van der Waals surface area (Å²) in [7, 11) is 0. The van der Waals surface area contributed by atoms with Crippen LogP contribution in [0, 0.1) is 0 Å². The Morgan fingerprint density at radius 2 is 2.00 bits per heavy atom. The first-order valence-electron chi connectivity index (χ1n) is 6.59. The Labute approximate surface area is 145 Å². The van der Waals surface area contributed by atoms with Crippen molar-refractivity contribution in [1.29, 1.82) is 0 Å². The van der Waals surface area contributed by atoms with Crippen molar-refractivity contribution in [3.05, 3.63) is 49.5 Å². The summed E-state index contributed by atoms with van der Waals surface area (Å²) in [6, 6.07) is 11.7. The van der Waals surface area contributed by atoms with Gasteiger partial charge in [0.05, 0.1) is 16.0 Å². The Morgan fingerprint density at radius 3 is 2.62 bits per heavy atom. The smallest absolute Gasteiger partial charge is 0.238 e. The molecule has 0 bridgehead atoms. The minimum atomic E-state index is -0.000582. The summed E-state index contributed by atoms with van der Waals surface area (Å²) < 4.78 is 2.01. The van der Waals surface area contributed by atoms with E-state index < -0.39 is 0 Å². The van der Waals surface area contributed by atoms with Gasteiger partial charge in [-0.25, -0.2) is 0 Å². The Hall–Kier alpha value is -0.690. The number of likely N-dealkylation sites (N-methyl/N-ethyl adjacent to an activating group) is 1. The summed E-state index contributed by atoms with van der Waals surface area (Å²) in [6.45, 7) is 4.07. The normalized spacial score (nSPS) is 10.9. The third-order valence-corrected chi connectivity index (χ3v) is 5.27. The number of thiophene rings is 1. The van der Waals surface area contributed by atoms with Gasteiger partial charge >= 0.3 is 0 Å². The molecule has 3 nitrogen and oxygen atoms in total. The monoisotopic (exact) mass is 430 g/mol. The molecule has 2 aromatic rings. The van der Waals surface area contributed by atoms with Gasteiger partial charge in [-0.3, -0.25) is 9.69 Å². The zero-order valence-corrected chi connectivity index (χ0v) is 15.6. The van der Waals surface area contributed by atoms with E-state index in [-0.39, 0.29) is 5.91 Å². The lowest BCUT2D eigenvalue weighted by atomic mass is 10.3. The average molecular weight is 432 g/mol. The van der Waals surface area contributed by atoms with Crippen LogP contribution in [0.5, 0.6) is 0 Å². The Kier molecular flexibility index (Phi) is 6.41. The maximum absolute atomic E-state index is 12.1. The van der Waals surface area contributed by atoms with Gasteiger partial charge in [0, 0.05) is 15.9 Å². The first-order valence-corrected chi connectivity index (χ1v) is 8.99. The van der Waals surface area contributed by atoms with Crippen molar-refractivity contribution in [2.24, 2.45) is 0 Å². The van der Waals surface area contributed by atoms with Crippen LogP contribution in [0.4, 0.5) is 5.69 Å². The molecule has 0 saturated carbocycles. The van der Waals surface area contributed by atoms with Gasteiger partial charge in [0.15, 0.2) is 0 Å². The zero-order chi connectivity index (χ0) is 15.2. The van der Waals surface area contributed by atoms with Gasteiger partial charge in [0.25, 0.3) is 0 Å². The molecule has 1 aromatic carbocycles. The predicted octanol–water partition coefficient (Wildman–Crippen LogP) is 4.73. The van der Waals surface area contributed by atoms with Gasteiger partial charge in [0.1, 0.15) is 0 Å². The van der Waals surface area contributed by atoms with Gasteiger partial charge in [-0.2, -0.15) is 0 Å². The molecule has 21 heavy (non-hydrogen) atoms. The maximum atomic E-state index is 12.1. The van der Waals surface area contributed by atoms with Crippen LogP contribution >= 0.6 is 43.2 Å². The molecular weight excluding hydrogens is 416 g/mol.